The summed E-state index contributed by atoms with van der Waals surface area (Å²) in [6, 6.07) is 4.90. The second kappa shape index (κ2) is 8.01. The maximum atomic E-state index is 11.7. The minimum Gasteiger partial charge on any atom is -0.462 e. The van der Waals surface area contributed by atoms with E-state index in [0.717, 1.165) is 0 Å². The van der Waals surface area contributed by atoms with Crippen LogP contribution in [0.15, 0.2) is 22.7 Å². The van der Waals surface area contributed by atoms with Crippen molar-refractivity contribution in [3.8, 4) is 0 Å². The number of hydrogen-bond donors (Lipinski definition) is 2. The molecule has 6 heteroatoms. The van der Waals surface area contributed by atoms with E-state index in [0.29, 0.717) is 35.2 Å². The van der Waals surface area contributed by atoms with Crippen molar-refractivity contribution in [2.75, 3.05) is 11.9 Å². The smallest absolute Gasteiger partial charge is 0.338 e. The van der Waals surface area contributed by atoms with E-state index in [4.69, 9.17) is 10.5 Å². The number of carbonyl (C=O) groups excluding carboxylic acids is 2. The molecule has 1 aromatic rings. The summed E-state index contributed by atoms with van der Waals surface area (Å²) < 4.78 is 5.54. The molecule has 1 amide bonds. The van der Waals surface area contributed by atoms with Gasteiger partial charge in [0.25, 0.3) is 0 Å². The Labute approximate surface area is 127 Å². The lowest BCUT2D eigenvalue weighted by Crippen LogP contribution is -2.19. The van der Waals surface area contributed by atoms with Crippen molar-refractivity contribution < 1.29 is 14.3 Å². The van der Waals surface area contributed by atoms with Crippen LogP contribution in [0.2, 0.25) is 0 Å². The van der Waals surface area contributed by atoms with Gasteiger partial charge in [0.2, 0.25) is 5.91 Å². The van der Waals surface area contributed by atoms with Crippen molar-refractivity contribution in [2.45, 2.75) is 32.7 Å². The Balaban J connectivity index is 2.68. The van der Waals surface area contributed by atoms with Gasteiger partial charge in [-0.25, -0.2) is 4.79 Å². The number of amides is 1. The van der Waals surface area contributed by atoms with Gasteiger partial charge in [-0.1, -0.05) is 0 Å². The van der Waals surface area contributed by atoms with E-state index >= 15 is 0 Å². The largest absolute Gasteiger partial charge is 0.462 e. The van der Waals surface area contributed by atoms with Crippen LogP contribution in [0.25, 0.3) is 0 Å². The van der Waals surface area contributed by atoms with Crippen molar-refractivity contribution in [3.05, 3.63) is 28.2 Å². The molecule has 0 aliphatic carbocycles. The van der Waals surface area contributed by atoms with Gasteiger partial charge in [0.15, 0.2) is 0 Å². The number of esters is 1. The molecule has 0 aliphatic heterocycles. The number of nitrogens with two attached hydrogens (primary N) is 1. The summed E-state index contributed by atoms with van der Waals surface area (Å²) in [6.07, 6.45) is 0.994. The van der Waals surface area contributed by atoms with Crippen LogP contribution < -0.4 is 11.1 Å². The third-order valence-electron chi connectivity index (χ3n) is 2.58. The molecule has 5 nitrogen and oxygen atoms in total. The molecule has 0 heterocycles. The summed E-state index contributed by atoms with van der Waals surface area (Å²) in [6.45, 7) is 3.93. The Morgan fingerprint density at radius 3 is 2.70 bits per heavy atom. The molecule has 0 fully saturated rings. The van der Waals surface area contributed by atoms with Crippen molar-refractivity contribution in [3.63, 3.8) is 0 Å². The molecular weight excluding hydrogens is 324 g/mol. The third-order valence-corrected chi connectivity index (χ3v) is 3.24. The molecule has 0 saturated heterocycles. The van der Waals surface area contributed by atoms with Crippen LogP contribution in [0, 0.1) is 0 Å². The minimum atomic E-state index is -0.386. The monoisotopic (exact) mass is 342 g/mol. The molecule has 0 saturated carbocycles. The number of hydrogen-bond acceptors (Lipinski definition) is 4. The normalized spacial score (nSPS) is 11.8. The first-order valence-corrected chi connectivity index (χ1v) is 7.25. The van der Waals surface area contributed by atoms with Gasteiger partial charge < -0.3 is 15.8 Å². The summed E-state index contributed by atoms with van der Waals surface area (Å²) in [5.74, 6) is -0.491. The van der Waals surface area contributed by atoms with E-state index in [2.05, 4.69) is 21.2 Å². The lowest BCUT2D eigenvalue weighted by atomic mass is 10.1. The number of nitrogens with one attached hydrogen (secondary N) is 1. The molecule has 0 radical (unpaired) electrons. The van der Waals surface area contributed by atoms with E-state index in [-0.39, 0.29) is 17.9 Å². The molecule has 1 atom stereocenters. The summed E-state index contributed by atoms with van der Waals surface area (Å²) in [7, 11) is 0. The molecule has 0 bridgehead atoms. The van der Waals surface area contributed by atoms with Crippen LogP contribution in [-0.4, -0.2) is 24.5 Å². The van der Waals surface area contributed by atoms with Crippen molar-refractivity contribution in [2.24, 2.45) is 5.73 Å². The van der Waals surface area contributed by atoms with E-state index in [1.165, 1.54) is 0 Å². The summed E-state index contributed by atoms with van der Waals surface area (Å²) >= 11 is 3.33. The topological polar surface area (TPSA) is 81.4 Å². The van der Waals surface area contributed by atoms with Gasteiger partial charge in [-0.2, -0.15) is 0 Å². The van der Waals surface area contributed by atoms with Gasteiger partial charge in [0.05, 0.1) is 17.9 Å². The van der Waals surface area contributed by atoms with Gasteiger partial charge in [0.1, 0.15) is 0 Å². The van der Waals surface area contributed by atoms with Crippen LogP contribution >= 0.6 is 15.9 Å². The molecule has 1 aromatic carbocycles. The molecule has 1 rings (SSSR count). The van der Waals surface area contributed by atoms with Crippen LogP contribution in [-0.2, 0) is 9.53 Å². The molecule has 1 unspecified atom stereocenters. The zero-order valence-corrected chi connectivity index (χ0v) is 13.2. The van der Waals surface area contributed by atoms with E-state index in [1.807, 2.05) is 6.92 Å². The zero-order valence-electron chi connectivity index (χ0n) is 11.6. The fourth-order valence-electron chi connectivity index (χ4n) is 1.53. The number of anilines is 1. The molecule has 20 heavy (non-hydrogen) atoms. The lowest BCUT2D eigenvalue weighted by Gasteiger charge is -2.10. The van der Waals surface area contributed by atoms with Gasteiger partial charge in [-0.05, 0) is 54.4 Å². The van der Waals surface area contributed by atoms with Crippen molar-refractivity contribution in [1.29, 1.82) is 0 Å². The highest BCUT2D eigenvalue weighted by Gasteiger charge is 2.11. The Hall–Kier alpha value is -1.40. The molecule has 3 N–H and O–H groups in total. The molecule has 0 aromatic heterocycles. The predicted molar refractivity (Wildman–Crippen MR) is 81.6 cm³/mol. The van der Waals surface area contributed by atoms with Crippen LogP contribution in [0.3, 0.4) is 0 Å². The number of rotatable bonds is 6. The predicted octanol–water partition coefficient (Wildman–Crippen LogP) is 2.69. The average Bonchev–Trinajstić information content (AvgIpc) is 2.39. The summed E-state index contributed by atoms with van der Waals surface area (Å²) in [5, 5.41) is 2.77. The quantitative estimate of drug-likeness (QED) is 0.778. The Kier molecular flexibility index (Phi) is 6.67. The summed E-state index contributed by atoms with van der Waals surface area (Å²) in [4.78, 5) is 23.3. The van der Waals surface area contributed by atoms with E-state index in [9.17, 15) is 9.59 Å². The van der Waals surface area contributed by atoms with Gasteiger partial charge >= 0.3 is 5.97 Å². The first kappa shape index (κ1) is 16.7. The number of halogens is 1. The van der Waals surface area contributed by atoms with Gasteiger partial charge in [-0.3, -0.25) is 4.79 Å². The van der Waals surface area contributed by atoms with E-state index < -0.39 is 0 Å². The number of ether oxygens (including phenoxy) is 1. The second-order valence-electron chi connectivity index (χ2n) is 4.48. The van der Waals surface area contributed by atoms with E-state index in [1.54, 1.807) is 25.1 Å². The van der Waals surface area contributed by atoms with Crippen molar-refractivity contribution in [1.82, 2.24) is 0 Å². The second-order valence-corrected chi connectivity index (χ2v) is 5.33. The molecule has 110 valence electrons. The fourth-order valence-corrected chi connectivity index (χ4v) is 2.01. The minimum absolute atomic E-state index is 0.00428. The maximum Gasteiger partial charge on any atom is 0.338 e. The van der Waals surface area contributed by atoms with Crippen LogP contribution in [0.1, 0.15) is 37.0 Å². The lowest BCUT2D eigenvalue weighted by molar-refractivity contribution is -0.116. The Morgan fingerprint density at radius 1 is 1.45 bits per heavy atom. The molecule has 0 aliphatic rings. The first-order valence-electron chi connectivity index (χ1n) is 6.46. The number of carbonyl (C=O) groups is 2. The molecular formula is C14H19BrN2O3. The summed E-state index contributed by atoms with van der Waals surface area (Å²) in [5.41, 5.74) is 6.66. The van der Waals surface area contributed by atoms with Gasteiger partial charge in [-0.15, -0.1) is 0 Å². The average molecular weight is 343 g/mol. The third kappa shape index (κ3) is 5.30. The van der Waals surface area contributed by atoms with Crippen LogP contribution in [0.5, 0.6) is 0 Å². The zero-order chi connectivity index (χ0) is 15.1. The highest BCUT2D eigenvalue weighted by Crippen LogP contribution is 2.24. The fraction of sp³-hybridized carbons (Fsp3) is 0.429. The Morgan fingerprint density at radius 2 is 2.15 bits per heavy atom. The maximum absolute atomic E-state index is 11.7. The number of benzene rings is 1. The highest BCUT2D eigenvalue weighted by molar-refractivity contribution is 9.10. The first-order chi connectivity index (χ1) is 9.43. The molecule has 0 spiro atoms. The van der Waals surface area contributed by atoms with Gasteiger partial charge in [0, 0.05) is 16.9 Å². The highest BCUT2D eigenvalue weighted by atomic mass is 79.9. The van der Waals surface area contributed by atoms with Crippen LogP contribution in [0.4, 0.5) is 5.69 Å². The standard InChI is InChI=1S/C14H19BrN2O3/c1-3-20-14(19)10-5-6-12(11(15)8-10)17-13(18)7-4-9(2)16/h5-6,8-9H,3-4,7,16H2,1-2H3,(H,17,18). The van der Waals surface area contributed by atoms with Crippen molar-refractivity contribution >= 4 is 33.5 Å². The SMILES string of the molecule is CCOC(=O)c1ccc(NC(=O)CCC(C)N)c(Br)c1. The Bertz CT molecular complexity index is 489.